The molecule has 2 amide bonds. The molecule has 2 aromatic carbocycles. The number of pyridine rings is 1. The number of benzene rings is 2. The summed E-state index contributed by atoms with van der Waals surface area (Å²) >= 11 is 6.44. The fourth-order valence-electron chi connectivity index (χ4n) is 3.55. The van der Waals surface area contributed by atoms with Gasteiger partial charge < -0.3 is 14.9 Å². The molecular weight excluding hydrogens is 409 g/mol. The lowest BCUT2D eigenvalue weighted by molar-refractivity contribution is 0.0625. The van der Waals surface area contributed by atoms with E-state index in [0.717, 1.165) is 5.56 Å². The van der Waals surface area contributed by atoms with Crippen LogP contribution in [0, 0.1) is 12.7 Å². The minimum atomic E-state index is -0.977. The summed E-state index contributed by atoms with van der Waals surface area (Å²) in [5.74, 6) is -0.468. The van der Waals surface area contributed by atoms with Gasteiger partial charge in [0.05, 0.1) is 16.2 Å². The molecule has 6 nitrogen and oxygen atoms in total. The van der Waals surface area contributed by atoms with Crippen LogP contribution in [0.15, 0.2) is 42.5 Å². The molecule has 0 bridgehead atoms. The van der Waals surface area contributed by atoms with Gasteiger partial charge in [-0.25, -0.2) is 14.2 Å². The standard InChI is InChI=1S/C22H19ClFN3O3/c1-13-10-14(3-5-18(13)24)19-12-17(23)16-4-2-15(11-20(16)25-19)21(28)26-6-8-27(9-7-26)22(29)30/h2-5,10-12H,6-9H2,1H3,(H,29,30). The van der Waals surface area contributed by atoms with Gasteiger partial charge in [0.2, 0.25) is 0 Å². The predicted molar refractivity (Wildman–Crippen MR) is 112 cm³/mol. The van der Waals surface area contributed by atoms with E-state index in [0.29, 0.717) is 45.8 Å². The van der Waals surface area contributed by atoms with E-state index in [9.17, 15) is 14.0 Å². The molecule has 3 aromatic rings. The molecule has 1 N–H and O–H groups in total. The van der Waals surface area contributed by atoms with Crippen LogP contribution in [0.4, 0.5) is 9.18 Å². The molecule has 30 heavy (non-hydrogen) atoms. The van der Waals surface area contributed by atoms with Crippen molar-refractivity contribution in [3.63, 3.8) is 0 Å². The van der Waals surface area contributed by atoms with E-state index in [4.69, 9.17) is 16.7 Å². The van der Waals surface area contributed by atoms with Gasteiger partial charge in [0, 0.05) is 42.7 Å². The quantitative estimate of drug-likeness (QED) is 0.656. The van der Waals surface area contributed by atoms with Crippen molar-refractivity contribution in [3.05, 3.63) is 64.4 Å². The van der Waals surface area contributed by atoms with E-state index in [1.165, 1.54) is 11.0 Å². The van der Waals surface area contributed by atoms with Crippen LogP contribution in [-0.4, -0.2) is 58.1 Å². The second-order valence-electron chi connectivity index (χ2n) is 7.25. The average molecular weight is 428 g/mol. The third kappa shape index (κ3) is 3.80. The van der Waals surface area contributed by atoms with Gasteiger partial charge in [0.15, 0.2) is 0 Å². The smallest absolute Gasteiger partial charge is 0.407 e. The van der Waals surface area contributed by atoms with E-state index in [1.54, 1.807) is 48.2 Å². The number of carbonyl (C=O) groups excluding carboxylic acids is 1. The van der Waals surface area contributed by atoms with Gasteiger partial charge >= 0.3 is 6.09 Å². The molecule has 0 aliphatic carbocycles. The summed E-state index contributed by atoms with van der Waals surface area (Å²) in [4.78, 5) is 31.5. The lowest BCUT2D eigenvalue weighted by Crippen LogP contribution is -2.50. The van der Waals surface area contributed by atoms with E-state index in [2.05, 4.69) is 4.98 Å². The van der Waals surface area contributed by atoms with Gasteiger partial charge in [0.25, 0.3) is 5.91 Å². The van der Waals surface area contributed by atoms with Gasteiger partial charge in [-0.1, -0.05) is 17.7 Å². The Kier molecular flexibility index (Phi) is 5.30. The second-order valence-corrected chi connectivity index (χ2v) is 7.65. The van der Waals surface area contributed by atoms with E-state index < -0.39 is 6.09 Å². The van der Waals surface area contributed by atoms with Crippen molar-refractivity contribution >= 4 is 34.5 Å². The zero-order valence-electron chi connectivity index (χ0n) is 16.2. The van der Waals surface area contributed by atoms with Gasteiger partial charge in [-0.3, -0.25) is 4.79 Å². The third-order valence-electron chi connectivity index (χ3n) is 5.30. The SMILES string of the molecule is Cc1cc(-c2cc(Cl)c3ccc(C(=O)N4CCN(C(=O)O)CC4)cc3n2)ccc1F. The van der Waals surface area contributed by atoms with Crippen molar-refractivity contribution in [3.8, 4) is 11.3 Å². The van der Waals surface area contributed by atoms with Crippen LogP contribution in [0.1, 0.15) is 15.9 Å². The molecule has 1 aromatic heterocycles. The normalized spacial score (nSPS) is 14.2. The Morgan fingerprint density at radius 3 is 2.40 bits per heavy atom. The van der Waals surface area contributed by atoms with Crippen molar-refractivity contribution in [1.82, 2.24) is 14.8 Å². The number of aryl methyl sites for hydroxylation is 1. The van der Waals surface area contributed by atoms with Crippen LogP contribution in [0.25, 0.3) is 22.2 Å². The monoisotopic (exact) mass is 427 g/mol. The molecule has 4 rings (SSSR count). The largest absolute Gasteiger partial charge is 0.465 e. The fraction of sp³-hybridized carbons (Fsp3) is 0.227. The summed E-state index contributed by atoms with van der Waals surface area (Å²) in [6.07, 6.45) is -0.977. The number of fused-ring (bicyclic) bond motifs is 1. The Hall–Kier alpha value is -3.19. The highest BCUT2D eigenvalue weighted by Crippen LogP contribution is 2.30. The van der Waals surface area contributed by atoms with Crippen LogP contribution >= 0.6 is 11.6 Å². The predicted octanol–water partition coefficient (Wildman–Crippen LogP) is 4.44. The summed E-state index contributed by atoms with van der Waals surface area (Å²) in [6, 6.07) is 11.6. The molecule has 0 spiro atoms. The lowest BCUT2D eigenvalue weighted by atomic mass is 10.1. The average Bonchev–Trinajstić information content (AvgIpc) is 2.74. The summed E-state index contributed by atoms with van der Waals surface area (Å²) in [5.41, 5.74) is 2.86. The Labute approximate surface area is 177 Å². The summed E-state index contributed by atoms with van der Waals surface area (Å²) < 4.78 is 13.6. The fourth-order valence-corrected chi connectivity index (χ4v) is 3.82. The minimum Gasteiger partial charge on any atom is -0.465 e. The summed E-state index contributed by atoms with van der Waals surface area (Å²) in [6.45, 7) is 2.93. The van der Waals surface area contributed by atoms with E-state index in [-0.39, 0.29) is 24.8 Å². The Balaban J connectivity index is 1.65. The van der Waals surface area contributed by atoms with Crippen LogP contribution in [0.3, 0.4) is 0 Å². The first-order valence-electron chi connectivity index (χ1n) is 9.47. The molecule has 0 radical (unpaired) electrons. The van der Waals surface area contributed by atoms with Crippen molar-refractivity contribution < 1.29 is 19.1 Å². The first-order chi connectivity index (χ1) is 14.3. The van der Waals surface area contributed by atoms with Gasteiger partial charge in [-0.15, -0.1) is 0 Å². The van der Waals surface area contributed by atoms with Crippen LogP contribution in [0.2, 0.25) is 5.02 Å². The number of carbonyl (C=O) groups is 2. The van der Waals surface area contributed by atoms with E-state index in [1.807, 2.05) is 0 Å². The molecule has 154 valence electrons. The first-order valence-corrected chi connectivity index (χ1v) is 9.85. The highest BCUT2D eigenvalue weighted by Gasteiger charge is 2.24. The molecule has 1 saturated heterocycles. The molecule has 2 heterocycles. The van der Waals surface area contributed by atoms with Crippen LogP contribution in [-0.2, 0) is 0 Å². The van der Waals surface area contributed by atoms with Crippen molar-refractivity contribution in [2.24, 2.45) is 0 Å². The maximum atomic E-state index is 13.6. The first kappa shape index (κ1) is 20.1. The highest BCUT2D eigenvalue weighted by molar-refractivity contribution is 6.35. The molecule has 0 unspecified atom stereocenters. The topological polar surface area (TPSA) is 73.7 Å². The molecule has 1 aliphatic heterocycles. The summed E-state index contributed by atoms with van der Waals surface area (Å²) in [7, 11) is 0. The van der Waals surface area contributed by atoms with Gasteiger partial charge in [-0.05, 0) is 48.9 Å². The van der Waals surface area contributed by atoms with Crippen molar-refractivity contribution in [1.29, 1.82) is 0 Å². The number of piperazine rings is 1. The Bertz CT molecular complexity index is 1160. The lowest BCUT2D eigenvalue weighted by Gasteiger charge is -2.33. The van der Waals surface area contributed by atoms with E-state index >= 15 is 0 Å². The Morgan fingerprint density at radius 2 is 1.73 bits per heavy atom. The molecular formula is C22H19ClFN3O3. The molecule has 0 atom stereocenters. The number of aromatic nitrogens is 1. The number of carboxylic acid groups (broad SMARTS) is 1. The number of halogens is 2. The molecule has 8 heteroatoms. The molecule has 1 fully saturated rings. The summed E-state index contributed by atoms with van der Waals surface area (Å²) in [5, 5.41) is 10.3. The number of hydrogen-bond donors (Lipinski definition) is 1. The third-order valence-corrected chi connectivity index (χ3v) is 5.61. The van der Waals surface area contributed by atoms with Gasteiger partial charge in [-0.2, -0.15) is 0 Å². The van der Waals surface area contributed by atoms with Crippen LogP contribution < -0.4 is 0 Å². The Morgan fingerprint density at radius 1 is 1.03 bits per heavy atom. The number of rotatable bonds is 2. The number of hydrogen-bond acceptors (Lipinski definition) is 3. The highest BCUT2D eigenvalue weighted by atomic mass is 35.5. The van der Waals surface area contributed by atoms with Gasteiger partial charge in [0.1, 0.15) is 5.82 Å². The van der Waals surface area contributed by atoms with Crippen molar-refractivity contribution in [2.45, 2.75) is 6.92 Å². The molecule has 1 aliphatic rings. The minimum absolute atomic E-state index is 0.178. The number of nitrogens with zero attached hydrogens (tertiary/aromatic N) is 3. The maximum Gasteiger partial charge on any atom is 0.407 e. The second kappa shape index (κ2) is 7.91. The molecule has 0 saturated carbocycles. The maximum absolute atomic E-state index is 13.6. The van der Waals surface area contributed by atoms with Crippen molar-refractivity contribution in [2.75, 3.05) is 26.2 Å². The zero-order chi connectivity index (χ0) is 21.4. The number of amides is 2. The van der Waals surface area contributed by atoms with Crippen LogP contribution in [0.5, 0.6) is 0 Å². The zero-order valence-corrected chi connectivity index (χ0v) is 17.0.